The summed E-state index contributed by atoms with van der Waals surface area (Å²) < 4.78 is 63.2. The minimum atomic E-state index is -4.78. The summed E-state index contributed by atoms with van der Waals surface area (Å²) in [5, 5.41) is -0.0102. The average Bonchev–Trinajstić information content (AvgIpc) is 2.34. The van der Waals surface area contributed by atoms with Crippen molar-refractivity contribution in [3.63, 3.8) is 0 Å². The fraction of sp³-hybridized carbons (Fsp3) is 0. The summed E-state index contributed by atoms with van der Waals surface area (Å²) in [4.78, 5) is 9.65. The number of carbonyl (C=O) groups excluding carboxylic acids is 1. The first-order chi connectivity index (χ1) is 9.50. The van der Waals surface area contributed by atoms with Gasteiger partial charge in [0.2, 0.25) is 5.91 Å². The fourth-order valence-corrected chi connectivity index (χ4v) is 3.16. The molecule has 0 fully saturated rings. The van der Waals surface area contributed by atoms with Crippen LogP contribution < -0.4 is 5.73 Å². The quantitative estimate of drug-likeness (QED) is 0.689. The molecule has 0 heterocycles. The largest absolute Gasteiger partial charge is 0.366 e. The molecule has 0 spiro atoms. The molecule has 2 aromatic carbocycles. The Bertz CT molecular complexity index is 961. The van der Waals surface area contributed by atoms with Gasteiger partial charge in [-0.2, -0.15) is 16.8 Å². The van der Waals surface area contributed by atoms with E-state index >= 15 is 0 Å². The lowest BCUT2D eigenvalue weighted by Crippen LogP contribution is -2.11. The van der Waals surface area contributed by atoms with E-state index in [1.807, 2.05) is 0 Å². The van der Waals surface area contributed by atoms with Crippen LogP contribution in [0.1, 0.15) is 10.4 Å². The zero-order chi connectivity index (χ0) is 16.0. The van der Waals surface area contributed by atoms with Gasteiger partial charge in [-0.25, -0.2) is 0 Å². The molecule has 0 unspecified atom stereocenters. The van der Waals surface area contributed by atoms with Crippen molar-refractivity contribution in [1.82, 2.24) is 0 Å². The number of fused-ring (bicyclic) bond motifs is 1. The van der Waals surface area contributed by atoms with Gasteiger partial charge in [-0.1, -0.05) is 6.07 Å². The molecule has 2 aromatic rings. The van der Waals surface area contributed by atoms with E-state index in [1.165, 1.54) is 12.1 Å². The fourth-order valence-electron chi connectivity index (χ4n) is 1.81. The lowest BCUT2D eigenvalue weighted by atomic mass is 10.1. The van der Waals surface area contributed by atoms with Gasteiger partial charge < -0.3 is 5.73 Å². The summed E-state index contributed by atoms with van der Waals surface area (Å²) in [6.07, 6.45) is 0. The number of hydrogen-bond donors (Lipinski definition) is 3. The second kappa shape index (κ2) is 4.77. The lowest BCUT2D eigenvalue weighted by molar-refractivity contribution is 0.100. The first-order valence-electron chi connectivity index (χ1n) is 5.33. The number of hydrogen-bond acceptors (Lipinski definition) is 5. The Hall–Kier alpha value is -2.01. The van der Waals surface area contributed by atoms with Crippen LogP contribution in [0, 0.1) is 0 Å². The molecular weight excluding hydrogens is 322 g/mol. The van der Waals surface area contributed by atoms with E-state index < -0.39 is 35.9 Å². The maximum atomic E-state index is 11.4. The third-order valence-electron chi connectivity index (χ3n) is 2.75. The molecule has 0 saturated carbocycles. The molecule has 0 aliphatic carbocycles. The molecule has 112 valence electrons. The van der Waals surface area contributed by atoms with Crippen LogP contribution in [-0.4, -0.2) is 31.8 Å². The van der Waals surface area contributed by atoms with Crippen molar-refractivity contribution in [2.75, 3.05) is 0 Å². The Morgan fingerprint density at radius 2 is 1.57 bits per heavy atom. The Balaban J connectivity index is 2.99. The highest BCUT2D eigenvalue weighted by molar-refractivity contribution is 7.86. The predicted molar refractivity (Wildman–Crippen MR) is 72.1 cm³/mol. The summed E-state index contributed by atoms with van der Waals surface area (Å²) in [5.74, 6) is -0.822. The van der Waals surface area contributed by atoms with Crippen LogP contribution in [0.15, 0.2) is 40.1 Å². The van der Waals surface area contributed by atoms with E-state index in [9.17, 15) is 26.2 Å². The van der Waals surface area contributed by atoms with Crippen LogP contribution in [0.2, 0.25) is 0 Å². The van der Waals surface area contributed by atoms with E-state index in [0.29, 0.717) is 6.07 Å². The normalized spacial score (nSPS) is 12.5. The predicted octanol–water partition coefficient (Wildman–Crippen LogP) is 0.432. The molecule has 0 saturated heterocycles. The van der Waals surface area contributed by atoms with Crippen molar-refractivity contribution in [3.05, 3.63) is 35.9 Å². The molecule has 0 aromatic heterocycles. The van der Waals surface area contributed by atoms with Crippen LogP contribution in [0.5, 0.6) is 0 Å². The minimum absolute atomic E-state index is 0.0213. The number of carbonyl (C=O) groups is 1. The van der Waals surface area contributed by atoms with Gasteiger partial charge in [0.15, 0.2) is 0 Å². The van der Waals surface area contributed by atoms with Gasteiger partial charge in [0.1, 0.15) is 4.90 Å². The molecule has 0 aliphatic heterocycles. The molecule has 0 atom stereocenters. The number of rotatable bonds is 3. The SMILES string of the molecule is NC(=O)c1ccc2cc(S(=O)(=O)O)cc(S(=O)(=O)O)c2c1. The Labute approximate surface area is 119 Å². The van der Waals surface area contributed by atoms with Crippen LogP contribution >= 0.6 is 0 Å². The van der Waals surface area contributed by atoms with Crippen LogP contribution in [0.4, 0.5) is 0 Å². The van der Waals surface area contributed by atoms with Crippen molar-refractivity contribution in [3.8, 4) is 0 Å². The molecule has 2 rings (SSSR count). The first kappa shape index (κ1) is 15.4. The van der Waals surface area contributed by atoms with E-state index in [4.69, 9.17) is 10.3 Å². The zero-order valence-corrected chi connectivity index (χ0v) is 11.8. The van der Waals surface area contributed by atoms with Gasteiger partial charge in [0.05, 0.1) is 4.90 Å². The lowest BCUT2D eigenvalue weighted by Gasteiger charge is -2.08. The van der Waals surface area contributed by atoms with E-state index in [-0.39, 0.29) is 16.3 Å². The van der Waals surface area contributed by atoms with Gasteiger partial charge in [0.25, 0.3) is 20.2 Å². The summed E-state index contributed by atoms with van der Waals surface area (Å²) in [7, 11) is -9.45. The molecule has 4 N–H and O–H groups in total. The summed E-state index contributed by atoms with van der Waals surface area (Å²) in [6.45, 7) is 0. The first-order valence-corrected chi connectivity index (χ1v) is 8.21. The van der Waals surface area contributed by atoms with Gasteiger partial charge in [-0.05, 0) is 29.7 Å². The highest BCUT2D eigenvalue weighted by Crippen LogP contribution is 2.28. The second-order valence-corrected chi connectivity index (χ2v) is 6.98. The third kappa shape index (κ3) is 3.03. The van der Waals surface area contributed by atoms with E-state index in [2.05, 4.69) is 0 Å². The molecular formula is C11H9NO7S2. The maximum absolute atomic E-state index is 11.4. The average molecular weight is 331 g/mol. The van der Waals surface area contributed by atoms with E-state index in [0.717, 1.165) is 12.1 Å². The highest BCUT2D eigenvalue weighted by Gasteiger charge is 2.20. The molecule has 10 heteroatoms. The molecule has 0 bridgehead atoms. The topological polar surface area (TPSA) is 152 Å². The smallest absolute Gasteiger partial charge is 0.295 e. The number of amides is 1. The van der Waals surface area contributed by atoms with Crippen molar-refractivity contribution in [1.29, 1.82) is 0 Å². The maximum Gasteiger partial charge on any atom is 0.295 e. The highest BCUT2D eigenvalue weighted by atomic mass is 32.2. The Morgan fingerprint density at radius 1 is 0.952 bits per heavy atom. The standard InChI is InChI=1S/C11H9NO7S2/c12-11(13)7-2-1-6-3-8(20(14,15)16)5-10(9(6)4-7)21(17,18)19/h1-5H,(H2,12,13)(H,14,15,16)(H,17,18,19). The number of primary amides is 1. The summed E-state index contributed by atoms with van der Waals surface area (Å²) >= 11 is 0. The monoisotopic (exact) mass is 331 g/mol. The zero-order valence-electron chi connectivity index (χ0n) is 10.2. The van der Waals surface area contributed by atoms with Crippen LogP contribution in [0.3, 0.4) is 0 Å². The van der Waals surface area contributed by atoms with Gasteiger partial charge in [0, 0.05) is 10.9 Å². The third-order valence-corrected chi connectivity index (χ3v) is 4.48. The van der Waals surface area contributed by atoms with Crippen molar-refractivity contribution >= 4 is 36.9 Å². The Kier molecular flexibility index (Phi) is 3.49. The van der Waals surface area contributed by atoms with Crippen molar-refractivity contribution < 1.29 is 30.7 Å². The van der Waals surface area contributed by atoms with Crippen molar-refractivity contribution in [2.24, 2.45) is 5.73 Å². The van der Waals surface area contributed by atoms with Gasteiger partial charge >= 0.3 is 0 Å². The van der Waals surface area contributed by atoms with Gasteiger partial charge in [-0.3, -0.25) is 13.9 Å². The molecule has 0 radical (unpaired) electrons. The molecule has 21 heavy (non-hydrogen) atoms. The molecule has 1 amide bonds. The number of nitrogens with two attached hydrogens (primary N) is 1. The second-order valence-electron chi connectivity index (χ2n) is 4.17. The molecule has 8 nitrogen and oxygen atoms in total. The molecule has 0 aliphatic rings. The van der Waals surface area contributed by atoms with Crippen LogP contribution in [-0.2, 0) is 20.2 Å². The summed E-state index contributed by atoms with van der Waals surface area (Å²) in [5.41, 5.74) is 5.06. The van der Waals surface area contributed by atoms with Crippen LogP contribution in [0.25, 0.3) is 10.8 Å². The summed E-state index contributed by atoms with van der Waals surface area (Å²) in [6, 6.07) is 5.21. The van der Waals surface area contributed by atoms with Gasteiger partial charge in [-0.15, -0.1) is 0 Å². The Morgan fingerprint density at radius 3 is 2.05 bits per heavy atom. The van der Waals surface area contributed by atoms with E-state index in [1.54, 1.807) is 0 Å². The number of benzene rings is 2. The van der Waals surface area contributed by atoms with Crippen molar-refractivity contribution in [2.45, 2.75) is 9.79 Å². The minimum Gasteiger partial charge on any atom is -0.366 e.